The van der Waals surface area contributed by atoms with Crippen molar-refractivity contribution < 1.29 is 4.84 Å². The first-order valence-corrected chi connectivity index (χ1v) is 6.97. The van der Waals surface area contributed by atoms with Crippen LogP contribution in [0.1, 0.15) is 52.9 Å². The lowest BCUT2D eigenvalue weighted by Crippen LogP contribution is -2.41. The van der Waals surface area contributed by atoms with Gasteiger partial charge in [0.1, 0.15) is 0 Å². The summed E-state index contributed by atoms with van der Waals surface area (Å²) in [6.45, 7) is 8.67. The van der Waals surface area contributed by atoms with Crippen molar-refractivity contribution in [1.29, 1.82) is 0 Å². The number of hydrogen-bond acceptors (Lipinski definition) is 3. The van der Waals surface area contributed by atoms with Crippen molar-refractivity contribution in [2.75, 3.05) is 20.2 Å². The molecule has 1 aliphatic rings. The Morgan fingerprint density at radius 1 is 1.18 bits per heavy atom. The van der Waals surface area contributed by atoms with Gasteiger partial charge >= 0.3 is 0 Å². The second-order valence-corrected chi connectivity index (χ2v) is 6.63. The Balaban J connectivity index is 2.48. The normalized spacial score (nSPS) is 27.2. The van der Waals surface area contributed by atoms with Crippen molar-refractivity contribution in [2.24, 2.45) is 17.1 Å². The summed E-state index contributed by atoms with van der Waals surface area (Å²) < 4.78 is 0. The lowest BCUT2D eigenvalue weighted by molar-refractivity contribution is -0.156. The minimum Gasteiger partial charge on any atom is -0.327 e. The van der Waals surface area contributed by atoms with Crippen LogP contribution in [0.15, 0.2) is 0 Å². The Morgan fingerprint density at radius 3 is 2.41 bits per heavy atom. The molecule has 2 N–H and O–H groups in total. The highest BCUT2D eigenvalue weighted by Crippen LogP contribution is 2.24. The van der Waals surface area contributed by atoms with E-state index in [1.54, 1.807) is 7.11 Å². The van der Waals surface area contributed by atoms with Gasteiger partial charge in [-0.3, -0.25) is 0 Å². The minimum absolute atomic E-state index is 0.269. The van der Waals surface area contributed by atoms with Gasteiger partial charge in [-0.15, -0.1) is 0 Å². The fourth-order valence-electron chi connectivity index (χ4n) is 2.63. The number of nitrogens with two attached hydrogens (primary N) is 1. The van der Waals surface area contributed by atoms with Crippen LogP contribution in [0.4, 0.5) is 0 Å². The third kappa shape index (κ3) is 5.84. The zero-order chi connectivity index (χ0) is 12.9. The summed E-state index contributed by atoms with van der Waals surface area (Å²) in [6.07, 6.45) is 6.40. The molecule has 0 spiro atoms. The Labute approximate surface area is 107 Å². The zero-order valence-corrected chi connectivity index (χ0v) is 12.0. The average Bonchev–Trinajstić information content (AvgIpc) is 2.41. The molecular weight excluding hydrogens is 212 g/mol. The molecule has 0 saturated heterocycles. The van der Waals surface area contributed by atoms with E-state index in [0.717, 1.165) is 13.1 Å². The lowest BCUT2D eigenvalue weighted by atomic mass is 9.93. The van der Waals surface area contributed by atoms with Crippen LogP contribution in [-0.4, -0.2) is 31.3 Å². The van der Waals surface area contributed by atoms with Crippen molar-refractivity contribution in [3.63, 3.8) is 0 Å². The molecular formula is C14H30N2O. The largest absolute Gasteiger partial charge is 0.327 e. The molecule has 1 rings (SSSR count). The molecule has 3 nitrogen and oxygen atoms in total. The number of rotatable bonds is 4. The Bertz CT molecular complexity index is 213. The van der Waals surface area contributed by atoms with E-state index in [2.05, 4.69) is 25.8 Å². The van der Waals surface area contributed by atoms with Gasteiger partial charge in [-0.1, -0.05) is 40.0 Å². The van der Waals surface area contributed by atoms with Gasteiger partial charge < -0.3 is 10.6 Å². The summed E-state index contributed by atoms with van der Waals surface area (Å²) in [5, 5.41) is 2.09. The monoisotopic (exact) mass is 242 g/mol. The number of hydrogen-bond donors (Lipinski definition) is 1. The van der Waals surface area contributed by atoms with Gasteiger partial charge in [-0.05, 0) is 24.2 Å². The van der Waals surface area contributed by atoms with Crippen LogP contribution in [0.2, 0.25) is 0 Å². The van der Waals surface area contributed by atoms with Gasteiger partial charge in [0.15, 0.2) is 0 Å². The van der Waals surface area contributed by atoms with Crippen molar-refractivity contribution in [1.82, 2.24) is 5.06 Å². The maximum absolute atomic E-state index is 6.26. The van der Waals surface area contributed by atoms with E-state index in [9.17, 15) is 0 Å². The molecule has 0 radical (unpaired) electrons. The summed E-state index contributed by atoms with van der Waals surface area (Å²) in [4.78, 5) is 5.50. The minimum atomic E-state index is 0.269. The zero-order valence-electron chi connectivity index (χ0n) is 12.0. The van der Waals surface area contributed by atoms with Crippen LogP contribution < -0.4 is 5.73 Å². The summed E-state index contributed by atoms with van der Waals surface area (Å²) >= 11 is 0. The van der Waals surface area contributed by atoms with E-state index >= 15 is 0 Å². The van der Waals surface area contributed by atoms with Crippen LogP contribution in [0.5, 0.6) is 0 Å². The predicted molar refractivity (Wildman–Crippen MR) is 72.6 cm³/mol. The third-order valence-electron chi connectivity index (χ3n) is 3.56. The Kier molecular flexibility index (Phi) is 5.90. The van der Waals surface area contributed by atoms with E-state index in [1.165, 1.54) is 32.1 Å². The molecule has 3 heteroatoms. The summed E-state index contributed by atoms with van der Waals surface area (Å²) in [5.74, 6) is 0.597. The highest BCUT2D eigenvalue weighted by atomic mass is 16.7. The molecule has 0 aromatic heterocycles. The molecule has 17 heavy (non-hydrogen) atoms. The SMILES string of the molecule is CON(CC1CCCCCC1N)CC(C)(C)C. The average molecular weight is 242 g/mol. The van der Waals surface area contributed by atoms with Crippen LogP contribution in [0.25, 0.3) is 0 Å². The van der Waals surface area contributed by atoms with E-state index < -0.39 is 0 Å². The number of hydroxylamine groups is 2. The molecule has 0 heterocycles. The molecule has 0 bridgehead atoms. The highest BCUT2D eigenvalue weighted by molar-refractivity contribution is 4.79. The molecule has 0 aliphatic heterocycles. The second-order valence-electron chi connectivity index (χ2n) is 6.63. The van der Waals surface area contributed by atoms with Crippen molar-refractivity contribution >= 4 is 0 Å². The van der Waals surface area contributed by atoms with E-state index in [1.807, 2.05) is 0 Å². The Morgan fingerprint density at radius 2 is 1.82 bits per heavy atom. The standard InChI is InChI=1S/C14H30N2O/c1-14(2,3)11-16(17-4)10-12-8-6-5-7-9-13(12)15/h12-13H,5-11,15H2,1-4H3. The van der Waals surface area contributed by atoms with Crippen LogP contribution >= 0.6 is 0 Å². The Hall–Kier alpha value is -0.120. The highest BCUT2D eigenvalue weighted by Gasteiger charge is 2.25. The van der Waals surface area contributed by atoms with Crippen LogP contribution in [0, 0.1) is 11.3 Å². The topological polar surface area (TPSA) is 38.5 Å². The van der Waals surface area contributed by atoms with Gasteiger partial charge in [0.2, 0.25) is 0 Å². The first-order chi connectivity index (χ1) is 7.92. The maximum atomic E-state index is 6.26. The van der Waals surface area contributed by atoms with E-state index in [4.69, 9.17) is 10.6 Å². The molecule has 1 fully saturated rings. The van der Waals surface area contributed by atoms with Crippen molar-refractivity contribution in [3.05, 3.63) is 0 Å². The third-order valence-corrected chi connectivity index (χ3v) is 3.56. The van der Waals surface area contributed by atoms with Crippen molar-refractivity contribution in [2.45, 2.75) is 58.9 Å². The fourth-order valence-corrected chi connectivity index (χ4v) is 2.63. The summed E-state index contributed by atoms with van der Waals surface area (Å²) in [6, 6.07) is 0.357. The quantitative estimate of drug-likeness (QED) is 0.608. The first kappa shape index (κ1) is 14.9. The molecule has 0 aromatic rings. The molecule has 0 aromatic carbocycles. The maximum Gasteiger partial charge on any atom is 0.0575 e. The fraction of sp³-hybridized carbons (Fsp3) is 1.00. The van der Waals surface area contributed by atoms with Gasteiger partial charge in [-0.25, -0.2) is 0 Å². The molecule has 2 unspecified atom stereocenters. The van der Waals surface area contributed by atoms with Crippen molar-refractivity contribution in [3.8, 4) is 0 Å². The second kappa shape index (κ2) is 6.72. The van der Waals surface area contributed by atoms with Gasteiger partial charge in [0.05, 0.1) is 7.11 Å². The summed E-state index contributed by atoms with van der Waals surface area (Å²) in [5.41, 5.74) is 6.53. The molecule has 102 valence electrons. The molecule has 1 aliphatic carbocycles. The van der Waals surface area contributed by atoms with Gasteiger partial charge in [0, 0.05) is 19.1 Å². The number of nitrogens with zero attached hydrogens (tertiary/aromatic N) is 1. The van der Waals surface area contributed by atoms with E-state index in [0.29, 0.717) is 12.0 Å². The lowest BCUT2D eigenvalue weighted by Gasteiger charge is -2.32. The molecule has 1 saturated carbocycles. The molecule has 0 amide bonds. The van der Waals surface area contributed by atoms with E-state index in [-0.39, 0.29) is 5.41 Å². The smallest absolute Gasteiger partial charge is 0.0575 e. The van der Waals surface area contributed by atoms with Crippen LogP contribution in [0.3, 0.4) is 0 Å². The summed E-state index contributed by atoms with van der Waals surface area (Å²) in [7, 11) is 1.77. The van der Waals surface area contributed by atoms with Crippen LogP contribution in [-0.2, 0) is 4.84 Å². The predicted octanol–water partition coefficient (Wildman–Crippen LogP) is 2.80. The van der Waals surface area contributed by atoms with Gasteiger partial charge in [0.25, 0.3) is 0 Å². The molecule has 2 atom stereocenters. The van der Waals surface area contributed by atoms with Gasteiger partial charge in [-0.2, -0.15) is 5.06 Å². The first-order valence-electron chi connectivity index (χ1n) is 6.97.